The van der Waals surface area contributed by atoms with Crippen LogP contribution in [0.25, 0.3) is 5.69 Å². The number of rotatable bonds is 9. The number of hydrogen-bond acceptors (Lipinski definition) is 4. The number of hydrogen-bond donors (Lipinski definition) is 0. The summed E-state index contributed by atoms with van der Waals surface area (Å²) < 4.78 is 2.13. The maximum absolute atomic E-state index is 13.7. The van der Waals surface area contributed by atoms with E-state index < -0.39 is 0 Å². The van der Waals surface area contributed by atoms with E-state index in [1.165, 1.54) is 11.8 Å². The molecule has 6 heteroatoms. The van der Waals surface area contributed by atoms with Gasteiger partial charge in [0.15, 0.2) is 5.16 Å². The van der Waals surface area contributed by atoms with E-state index in [0.717, 1.165) is 40.6 Å². The van der Waals surface area contributed by atoms with Gasteiger partial charge in [0.25, 0.3) is 0 Å². The maximum atomic E-state index is 13.7. The van der Waals surface area contributed by atoms with Crippen molar-refractivity contribution in [2.75, 3.05) is 0 Å². The third-order valence-corrected chi connectivity index (χ3v) is 7.02. The van der Waals surface area contributed by atoms with Gasteiger partial charge in [-0.3, -0.25) is 9.36 Å². The molecule has 5 rings (SSSR count). The largest absolute Gasteiger partial charge is 0.333 e. The van der Waals surface area contributed by atoms with E-state index in [1.807, 2.05) is 66.4 Å². The van der Waals surface area contributed by atoms with E-state index in [0.29, 0.717) is 19.0 Å². The third kappa shape index (κ3) is 5.23. The maximum Gasteiger partial charge on any atom is 0.236 e. The fraction of sp³-hybridized carbons (Fsp3) is 0.250. The molecule has 1 aromatic heterocycles. The van der Waals surface area contributed by atoms with Gasteiger partial charge in [-0.1, -0.05) is 90.6 Å². The molecule has 0 bridgehead atoms. The Labute approximate surface area is 204 Å². The lowest BCUT2D eigenvalue weighted by molar-refractivity contribution is -0.131. The van der Waals surface area contributed by atoms with Gasteiger partial charge >= 0.3 is 0 Å². The Morgan fingerprint density at radius 1 is 0.882 bits per heavy atom. The predicted octanol–water partition coefficient (Wildman–Crippen LogP) is 5.85. The summed E-state index contributed by atoms with van der Waals surface area (Å²) in [5.74, 6) is 1.55. The molecular weight excluding hydrogens is 440 g/mol. The van der Waals surface area contributed by atoms with Crippen LogP contribution in [0.3, 0.4) is 0 Å². The number of para-hydroxylation sites is 1. The molecule has 1 fully saturated rings. The number of carbonyl (C=O) groups is 1. The highest BCUT2D eigenvalue weighted by molar-refractivity contribution is 8.00. The number of aromatic nitrogens is 3. The Hall–Kier alpha value is -3.38. The minimum Gasteiger partial charge on any atom is -0.333 e. The highest BCUT2D eigenvalue weighted by Gasteiger charge is 2.32. The molecule has 0 radical (unpaired) electrons. The van der Waals surface area contributed by atoms with Crippen molar-refractivity contribution < 1.29 is 4.79 Å². The summed E-state index contributed by atoms with van der Waals surface area (Å²) in [5.41, 5.74) is 3.28. The molecule has 1 unspecified atom stereocenters. The number of thioether (sulfide) groups is 1. The van der Waals surface area contributed by atoms with Crippen molar-refractivity contribution in [3.05, 3.63) is 108 Å². The minimum absolute atomic E-state index is 0.0910. The van der Waals surface area contributed by atoms with Gasteiger partial charge in [-0.15, -0.1) is 10.2 Å². The van der Waals surface area contributed by atoms with Crippen LogP contribution in [0.5, 0.6) is 0 Å². The van der Waals surface area contributed by atoms with Crippen molar-refractivity contribution in [2.45, 2.75) is 49.2 Å². The van der Waals surface area contributed by atoms with Gasteiger partial charge < -0.3 is 4.90 Å². The molecule has 1 amide bonds. The van der Waals surface area contributed by atoms with Crippen molar-refractivity contribution in [3.8, 4) is 5.69 Å². The molecule has 0 aliphatic heterocycles. The predicted molar refractivity (Wildman–Crippen MR) is 136 cm³/mol. The summed E-state index contributed by atoms with van der Waals surface area (Å²) in [7, 11) is 0. The Morgan fingerprint density at radius 3 is 1.94 bits per heavy atom. The SMILES string of the molecule is CC(Sc1nnc(C2CC2)n1-c1ccccc1)C(=O)N(Cc1ccccc1)Cc1ccccc1. The number of nitrogens with zero attached hydrogens (tertiary/aromatic N) is 4. The van der Waals surface area contributed by atoms with E-state index >= 15 is 0 Å². The first-order valence-electron chi connectivity index (χ1n) is 11.7. The van der Waals surface area contributed by atoms with Crippen molar-refractivity contribution in [3.63, 3.8) is 0 Å². The number of amides is 1. The molecule has 172 valence electrons. The highest BCUT2D eigenvalue weighted by Crippen LogP contribution is 2.41. The van der Waals surface area contributed by atoms with Gasteiger partial charge in [-0.05, 0) is 43.0 Å². The molecule has 1 aliphatic rings. The molecule has 3 aromatic carbocycles. The molecule has 1 saturated carbocycles. The zero-order valence-corrected chi connectivity index (χ0v) is 20.1. The molecule has 4 aromatic rings. The smallest absolute Gasteiger partial charge is 0.236 e. The lowest BCUT2D eigenvalue weighted by Crippen LogP contribution is -2.35. The summed E-state index contributed by atoms with van der Waals surface area (Å²) in [5, 5.41) is 9.49. The Balaban J connectivity index is 1.39. The van der Waals surface area contributed by atoms with Gasteiger partial charge in [0.1, 0.15) is 5.82 Å². The van der Waals surface area contributed by atoms with E-state index in [1.54, 1.807) is 0 Å². The summed E-state index contributed by atoms with van der Waals surface area (Å²) >= 11 is 1.49. The lowest BCUT2D eigenvalue weighted by Gasteiger charge is -2.26. The molecule has 5 nitrogen and oxygen atoms in total. The second-order valence-electron chi connectivity index (χ2n) is 8.71. The van der Waals surface area contributed by atoms with E-state index in [-0.39, 0.29) is 11.2 Å². The monoisotopic (exact) mass is 468 g/mol. The van der Waals surface area contributed by atoms with Crippen LogP contribution < -0.4 is 0 Å². The standard InChI is InChI=1S/C28H28N4OS/c1-21(34-28-30-29-26(24-17-18-24)32(28)25-15-9-4-10-16-25)27(33)31(19-22-11-5-2-6-12-22)20-23-13-7-3-8-14-23/h2-16,21,24H,17-20H2,1H3. The fourth-order valence-corrected chi connectivity index (χ4v) is 5.03. The average Bonchev–Trinajstić information content (AvgIpc) is 3.65. The first kappa shape index (κ1) is 22.4. The molecular formula is C28H28N4OS. The Morgan fingerprint density at radius 2 is 1.41 bits per heavy atom. The molecule has 1 heterocycles. The van der Waals surface area contributed by atoms with Crippen molar-refractivity contribution in [2.24, 2.45) is 0 Å². The lowest BCUT2D eigenvalue weighted by atomic mass is 10.1. The summed E-state index contributed by atoms with van der Waals surface area (Å²) in [6, 6.07) is 30.5. The molecule has 1 aliphatic carbocycles. The molecule has 0 spiro atoms. The summed E-state index contributed by atoms with van der Waals surface area (Å²) in [6.45, 7) is 3.10. The van der Waals surface area contributed by atoms with Gasteiger partial charge in [-0.25, -0.2) is 0 Å². The van der Waals surface area contributed by atoms with Gasteiger partial charge in [0.2, 0.25) is 5.91 Å². The summed E-state index contributed by atoms with van der Waals surface area (Å²) in [4.78, 5) is 15.6. The van der Waals surface area contributed by atoms with E-state index in [9.17, 15) is 4.79 Å². The van der Waals surface area contributed by atoms with Crippen LogP contribution >= 0.6 is 11.8 Å². The van der Waals surface area contributed by atoms with E-state index in [4.69, 9.17) is 0 Å². The fourth-order valence-electron chi connectivity index (χ4n) is 4.07. The molecule has 0 saturated heterocycles. The van der Waals surface area contributed by atoms with E-state index in [2.05, 4.69) is 51.2 Å². The van der Waals surface area contributed by atoms with Gasteiger partial charge in [0, 0.05) is 24.7 Å². The average molecular weight is 469 g/mol. The van der Waals surface area contributed by atoms with Gasteiger partial charge in [0.05, 0.1) is 5.25 Å². The van der Waals surface area contributed by atoms with Crippen LogP contribution in [0, 0.1) is 0 Å². The number of benzene rings is 3. The second kappa shape index (κ2) is 10.3. The van der Waals surface area contributed by atoms with Crippen LogP contribution in [0.4, 0.5) is 0 Å². The first-order valence-corrected chi connectivity index (χ1v) is 12.6. The zero-order valence-electron chi connectivity index (χ0n) is 19.2. The highest BCUT2D eigenvalue weighted by atomic mass is 32.2. The van der Waals surface area contributed by atoms with Crippen LogP contribution in [0.1, 0.15) is 42.6 Å². The summed E-state index contributed by atoms with van der Waals surface area (Å²) in [6.07, 6.45) is 2.29. The first-order chi connectivity index (χ1) is 16.7. The number of carbonyl (C=O) groups excluding carboxylic acids is 1. The molecule has 1 atom stereocenters. The van der Waals surface area contributed by atoms with Crippen LogP contribution in [0.2, 0.25) is 0 Å². The van der Waals surface area contributed by atoms with Crippen LogP contribution in [-0.2, 0) is 17.9 Å². The van der Waals surface area contributed by atoms with Crippen LogP contribution in [-0.4, -0.2) is 30.8 Å². The molecule has 0 N–H and O–H groups in total. The second-order valence-corrected chi connectivity index (χ2v) is 10.0. The molecule has 34 heavy (non-hydrogen) atoms. The van der Waals surface area contributed by atoms with Gasteiger partial charge in [-0.2, -0.15) is 0 Å². The topological polar surface area (TPSA) is 51.0 Å². The quantitative estimate of drug-likeness (QED) is 0.289. The van der Waals surface area contributed by atoms with Crippen LogP contribution in [0.15, 0.2) is 96.2 Å². The van der Waals surface area contributed by atoms with Crippen molar-refractivity contribution in [1.29, 1.82) is 0 Å². The normalized spacial score (nSPS) is 14.0. The Bertz CT molecular complexity index is 1180. The minimum atomic E-state index is -0.300. The van der Waals surface area contributed by atoms with Crippen molar-refractivity contribution >= 4 is 17.7 Å². The zero-order chi connectivity index (χ0) is 23.3. The van der Waals surface area contributed by atoms with Crippen molar-refractivity contribution in [1.82, 2.24) is 19.7 Å². The third-order valence-electron chi connectivity index (χ3n) is 5.99. The Kier molecular flexibility index (Phi) is 6.77.